The molecule has 0 aromatic heterocycles. The van der Waals surface area contributed by atoms with E-state index in [0.717, 1.165) is 10.8 Å². The number of rotatable bonds is 9. The van der Waals surface area contributed by atoms with Gasteiger partial charge in [0.05, 0.1) is 12.5 Å². The number of aldehydes is 1. The summed E-state index contributed by atoms with van der Waals surface area (Å²) in [7, 11) is 0. The van der Waals surface area contributed by atoms with Crippen LogP contribution in [0.2, 0.25) is 0 Å². The maximum Gasteiger partial charge on any atom is 0.305 e. The summed E-state index contributed by atoms with van der Waals surface area (Å²) in [6, 6.07) is 9.46. The lowest BCUT2D eigenvalue weighted by molar-refractivity contribution is -0.139. The highest BCUT2D eigenvalue weighted by Gasteiger charge is 2.24. The maximum absolute atomic E-state index is 12.6. The predicted octanol–water partition coefficient (Wildman–Crippen LogP) is 0.621. The van der Waals surface area contributed by atoms with Crippen molar-refractivity contribution in [1.29, 1.82) is 0 Å². The zero-order valence-corrected chi connectivity index (χ0v) is 16.5. The van der Waals surface area contributed by atoms with Gasteiger partial charge >= 0.3 is 5.97 Å². The van der Waals surface area contributed by atoms with Crippen LogP contribution in [0.5, 0.6) is 0 Å². The van der Waals surface area contributed by atoms with Crippen LogP contribution in [0, 0.1) is 0 Å². The molecule has 0 saturated heterocycles. The minimum Gasteiger partial charge on any atom is -0.481 e. The molecule has 0 heterocycles. The topological polar surface area (TPSA) is 142 Å². The van der Waals surface area contributed by atoms with Crippen molar-refractivity contribution in [2.24, 2.45) is 0 Å². The third-order valence-electron chi connectivity index (χ3n) is 4.41. The monoisotopic (exact) mass is 413 g/mol. The Kier molecular flexibility index (Phi) is 7.62. The van der Waals surface area contributed by atoms with Crippen molar-refractivity contribution in [3.8, 4) is 0 Å². The Bertz CT molecular complexity index is 969. The lowest BCUT2D eigenvalue weighted by atomic mass is 10.0. The highest BCUT2D eigenvalue weighted by molar-refractivity contribution is 6.08. The summed E-state index contributed by atoms with van der Waals surface area (Å²) < 4.78 is 0. The van der Waals surface area contributed by atoms with Crippen LogP contribution in [0.3, 0.4) is 0 Å². The van der Waals surface area contributed by atoms with Crippen molar-refractivity contribution in [2.45, 2.75) is 38.4 Å². The third-order valence-corrected chi connectivity index (χ3v) is 4.41. The van der Waals surface area contributed by atoms with E-state index in [1.54, 1.807) is 12.1 Å². The standard InChI is InChI=1S/C21H23N3O6/c1-12(19(28)22-13(2)20(29)24-15(11-25)10-18(26)27)23-21(30)17-9-5-7-14-6-3-4-8-16(14)17/h3-9,11-13,15H,10H2,1-2H3,(H,22,28)(H,23,30)(H,24,29)(H,26,27)/t12?,13-,15?/m0/s1. The fourth-order valence-corrected chi connectivity index (χ4v) is 2.80. The summed E-state index contributed by atoms with van der Waals surface area (Å²) in [6.07, 6.45) is -0.249. The van der Waals surface area contributed by atoms with Crippen molar-refractivity contribution in [3.63, 3.8) is 0 Å². The number of carbonyl (C=O) groups excluding carboxylic acids is 4. The molecule has 0 aliphatic rings. The summed E-state index contributed by atoms with van der Waals surface area (Å²) in [5.41, 5.74) is 0.418. The Morgan fingerprint density at radius 2 is 1.50 bits per heavy atom. The van der Waals surface area contributed by atoms with Gasteiger partial charge in [-0.15, -0.1) is 0 Å². The molecule has 0 spiro atoms. The van der Waals surface area contributed by atoms with Gasteiger partial charge in [-0.05, 0) is 30.7 Å². The van der Waals surface area contributed by atoms with Gasteiger partial charge in [-0.3, -0.25) is 19.2 Å². The molecular formula is C21H23N3O6. The molecular weight excluding hydrogens is 390 g/mol. The molecule has 30 heavy (non-hydrogen) atoms. The van der Waals surface area contributed by atoms with Gasteiger partial charge in [0.1, 0.15) is 18.4 Å². The van der Waals surface area contributed by atoms with Crippen LogP contribution in [0.25, 0.3) is 10.8 Å². The minimum absolute atomic E-state index is 0.313. The Hall–Kier alpha value is -3.75. The minimum atomic E-state index is -1.24. The van der Waals surface area contributed by atoms with Crippen LogP contribution < -0.4 is 16.0 Å². The first-order valence-corrected chi connectivity index (χ1v) is 9.29. The number of benzene rings is 2. The molecule has 158 valence electrons. The zero-order valence-electron chi connectivity index (χ0n) is 16.5. The number of carbonyl (C=O) groups is 5. The van der Waals surface area contributed by atoms with E-state index in [4.69, 9.17) is 5.11 Å². The van der Waals surface area contributed by atoms with Crippen molar-refractivity contribution in [3.05, 3.63) is 48.0 Å². The van der Waals surface area contributed by atoms with E-state index in [9.17, 15) is 24.0 Å². The van der Waals surface area contributed by atoms with Gasteiger partial charge in [0.25, 0.3) is 5.91 Å². The Morgan fingerprint density at radius 3 is 2.17 bits per heavy atom. The van der Waals surface area contributed by atoms with Crippen LogP contribution >= 0.6 is 0 Å². The largest absolute Gasteiger partial charge is 0.481 e. The van der Waals surface area contributed by atoms with E-state index in [2.05, 4.69) is 16.0 Å². The molecule has 3 atom stereocenters. The number of nitrogens with one attached hydrogen (secondary N) is 3. The number of carboxylic acid groups (broad SMARTS) is 1. The molecule has 9 heteroatoms. The van der Waals surface area contributed by atoms with Gasteiger partial charge in [0, 0.05) is 5.56 Å². The van der Waals surface area contributed by atoms with Crippen molar-refractivity contribution in [1.82, 2.24) is 16.0 Å². The zero-order chi connectivity index (χ0) is 22.3. The Labute approximate surface area is 172 Å². The van der Waals surface area contributed by atoms with E-state index in [0.29, 0.717) is 11.8 Å². The van der Waals surface area contributed by atoms with Crippen LogP contribution in [0.1, 0.15) is 30.6 Å². The molecule has 0 aliphatic heterocycles. The van der Waals surface area contributed by atoms with E-state index >= 15 is 0 Å². The second-order valence-corrected chi connectivity index (χ2v) is 6.80. The second kappa shape index (κ2) is 10.1. The van der Waals surface area contributed by atoms with Gasteiger partial charge < -0.3 is 25.9 Å². The molecule has 0 bridgehead atoms. The number of carboxylic acids is 1. The first-order chi connectivity index (χ1) is 14.2. The lowest BCUT2D eigenvalue weighted by Crippen LogP contribution is -2.53. The molecule has 0 radical (unpaired) electrons. The molecule has 2 unspecified atom stereocenters. The number of hydrogen-bond donors (Lipinski definition) is 4. The molecule has 0 aliphatic carbocycles. The average molecular weight is 413 g/mol. The molecule has 4 N–H and O–H groups in total. The normalized spacial score (nSPS) is 13.5. The highest BCUT2D eigenvalue weighted by Crippen LogP contribution is 2.18. The van der Waals surface area contributed by atoms with Crippen LogP contribution in [0.15, 0.2) is 42.5 Å². The van der Waals surface area contributed by atoms with Gasteiger partial charge in [-0.1, -0.05) is 36.4 Å². The van der Waals surface area contributed by atoms with E-state index in [1.165, 1.54) is 13.8 Å². The quantitative estimate of drug-likeness (QED) is 0.444. The fraction of sp³-hybridized carbons (Fsp3) is 0.286. The number of hydrogen-bond acceptors (Lipinski definition) is 5. The van der Waals surface area contributed by atoms with Gasteiger partial charge in [0.15, 0.2) is 0 Å². The molecule has 0 fully saturated rings. The SMILES string of the molecule is CC(NC(=O)c1cccc2ccccc12)C(=O)N[C@@H](C)C(=O)NC(C=O)CC(=O)O. The van der Waals surface area contributed by atoms with Crippen molar-refractivity contribution < 1.29 is 29.1 Å². The second-order valence-electron chi connectivity index (χ2n) is 6.80. The van der Waals surface area contributed by atoms with E-state index in [-0.39, 0.29) is 0 Å². The first-order valence-electron chi connectivity index (χ1n) is 9.29. The van der Waals surface area contributed by atoms with Crippen LogP contribution in [0.4, 0.5) is 0 Å². The Morgan fingerprint density at radius 1 is 0.900 bits per heavy atom. The third kappa shape index (κ3) is 5.87. The van der Waals surface area contributed by atoms with Gasteiger partial charge in [-0.2, -0.15) is 0 Å². The summed E-state index contributed by atoms with van der Waals surface area (Å²) in [4.78, 5) is 58.6. The first kappa shape index (κ1) is 22.5. The summed E-state index contributed by atoms with van der Waals surface area (Å²) in [6.45, 7) is 2.86. The van der Waals surface area contributed by atoms with Gasteiger partial charge in [-0.25, -0.2) is 0 Å². The lowest BCUT2D eigenvalue weighted by Gasteiger charge is -2.20. The van der Waals surface area contributed by atoms with Gasteiger partial charge in [0.2, 0.25) is 11.8 Å². The van der Waals surface area contributed by atoms with Crippen LogP contribution in [-0.4, -0.2) is 53.2 Å². The molecule has 0 saturated carbocycles. The van der Waals surface area contributed by atoms with E-state index < -0.39 is 48.2 Å². The van der Waals surface area contributed by atoms with Crippen molar-refractivity contribution >= 4 is 40.7 Å². The van der Waals surface area contributed by atoms with E-state index in [1.807, 2.05) is 30.3 Å². The highest BCUT2D eigenvalue weighted by atomic mass is 16.4. The number of aliphatic carboxylic acids is 1. The van der Waals surface area contributed by atoms with Crippen molar-refractivity contribution in [2.75, 3.05) is 0 Å². The van der Waals surface area contributed by atoms with Crippen LogP contribution in [-0.2, 0) is 19.2 Å². The summed E-state index contributed by atoms with van der Waals surface area (Å²) >= 11 is 0. The molecule has 2 rings (SSSR count). The fourth-order valence-electron chi connectivity index (χ4n) is 2.80. The molecule has 2 aromatic rings. The number of fused-ring (bicyclic) bond motifs is 1. The summed E-state index contributed by atoms with van der Waals surface area (Å²) in [5.74, 6) is -3.00. The Balaban J connectivity index is 1.96. The predicted molar refractivity (Wildman–Crippen MR) is 109 cm³/mol. The maximum atomic E-state index is 12.6. The molecule has 2 aromatic carbocycles. The molecule has 3 amide bonds. The average Bonchev–Trinajstić information content (AvgIpc) is 2.72. The molecule has 9 nitrogen and oxygen atoms in total. The summed E-state index contributed by atoms with van der Waals surface area (Å²) in [5, 5.41) is 17.6. The number of amides is 3. The smallest absolute Gasteiger partial charge is 0.305 e.